The van der Waals surface area contributed by atoms with Crippen LogP contribution < -0.4 is 11.1 Å². The van der Waals surface area contributed by atoms with Gasteiger partial charge in [0, 0.05) is 5.69 Å². The van der Waals surface area contributed by atoms with E-state index < -0.39 is 11.7 Å². The molecule has 4 nitrogen and oxygen atoms in total. The van der Waals surface area contributed by atoms with Gasteiger partial charge < -0.3 is 11.1 Å². The molecule has 0 aliphatic rings. The number of hydrogen-bond donors (Lipinski definition) is 2. The van der Waals surface area contributed by atoms with Crippen molar-refractivity contribution >= 4 is 28.9 Å². The molecule has 1 aromatic carbocycles. The molecule has 3 N–H and O–H groups in total. The molecular formula is C12H9ClFN3O. The van der Waals surface area contributed by atoms with Crippen molar-refractivity contribution in [3.63, 3.8) is 0 Å². The van der Waals surface area contributed by atoms with Crippen LogP contribution in [0.2, 0.25) is 5.02 Å². The summed E-state index contributed by atoms with van der Waals surface area (Å²) in [6, 6.07) is 7.18. The van der Waals surface area contributed by atoms with Crippen LogP contribution in [-0.2, 0) is 0 Å². The van der Waals surface area contributed by atoms with E-state index in [0.29, 0.717) is 16.4 Å². The van der Waals surface area contributed by atoms with Crippen LogP contribution >= 0.6 is 11.6 Å². The first kappa shape index (κ1) is 12.3. The van der Waals surface area contributed by atoms with Crippen molar-refractivity contribution < 1.29 is 9.18 Å². The number of nitrogens with two attached hydrogens (primary N) is 1. The second-order valence-electron chi connectivity index (χ2n) is 3.55. The first-order valence-electron chi connectivity index (χ1n) is 5.04. The number of rotatable bonds is 2. The fourth-order valence-corrected chi connectivity index (χ4v) is 1.44. The lowest BCUT2D eigenvalue weighted by atomic mass is 10.2. The van der Waals surface area contributed by atoms with Crippen LogP contribution in [0, 0.1) is 5.82 Å². The Hall–Kier alpha value is -2.14. The second kappa shape index (κ2) is 5.01. The molecule has 0 aliphatic carbocycles. The highest BCUT2D eigenvalue weighted by Crippen LogP contribution is 2.22. The Kier molecular flexibility index (Phi) is 3.43. The van der Waals surface area contributed by atoms with Crippen LogP contribution in [0.5, 0.6) is 0 Å². The third-order valence-electron chi connectivity index (χ3n) is 2.21. The van der Waals surface area contributed by atoms with Gasteiger partial charge in [-0.05, 0) is 30.3 Å². The number of nitrogen functional groups attached to an aromatic ring is 1. The maximum absolute atomic E-state index is 12.6. The lowest BCUT2D eigenvalue weighted by Gasteiger charge is -2.06. The molecule has 0 radical (unpaired) electrons. The average Bonchev–Trinajstić information content (AvgIpc) is 2.34. The number of halogens is 2. The quantitative estimate of drug-likeness (QED) is 0.821. The standard InChI is InChI=1S/C12H9ClFN3O/c13-9-3-2-8(5-10(9)15)17-12(18)11-4-1-7(14)6-16-11/h1-6H,15H2,(H,17,18). The fourth-order valence-electron chi connectivity index (χ4n) is 1.33. The molecule has 1 heterocycles. The molecular weight excluding hydrogens is 257 g/mol. The monoisotopic (exact) mass is 265 g/mol. The van der Waals surface area contributed by atoms with Crippen LogP contribution in [0.15, 0.2) is 36.5 Å². The van der Waals surface area contributed by atoms with E-state index in [9.17, 15) is 9.18 Å². The van der Waals surface area contributed by atoms with Crippen LogP contribution in [0.4, 0.5) is 15.8 Å². The Morgan fingerprint density at radius 3 is 2.72 bits per heavy atom. The summed E-state index contributed by atoms with van der Waals surface area (Å²) in [7, 11) is 0. The number of benzene rings is 1. The molecule has 0 saturated carbocycles. The van der Waals surface area contributed by atoms with Crippen molar-refractivity contribution in [3.8, 4) is 0 Å². The van der Waals surface area contributed by atoms with E-state index >= 15 is 0 Å². The third-order valence-corrected chi connectivity index (χ3v) is 2.56. The topological polar surface area (TPSA) is 68.0 Å². The molecule has 0 unspecified atom stereocenters. The summed E-state index contributed by atoms with van der Waals surface area (Å²) in [5, 5.41) is 2.99. The van der Waals surface area contributed by atoms with Crippen LogP contribution in [0.3, 0.4) is 0 Å². The lowest BCUT2D eigenvalue weighted by Crippen LogP contribution is -2.13. The highest BCUT2D eigenvalue weighted by Gasteiger charge is 2.08. The largest absolute Gasteiger partial charge is 0.397 e. The van der Waals surface area contributed by atoms with Crippen molar-refractivity contribution in [1.82, 2.24) is 4.98 Å². The maximum atomic E-state index is 12.6. The molecule has 0 atom stereocenters. The van der Waals surface area contributed by atoms with Crippen molar-refractivity contribution in [3.05, 3.63) is 53.1 Å². The van der Waals surface area contributed by atoms with Gasteiger partial charge in [-0.1, -0.05) is 11.6 Å². The molecule has 0 aliphatic heterocycles. The summed E-state index contributed by atoms with van der Waals surface area (Å²) in [6.45, 7) is 0. The smallest absolute Gasteiger partial charge is 0.274 e. The van der Waals surface area contributed by atoms with E-state index in [1.807, 2.05) is 0 Å². The lowest BCUT2D eigenvalue weighted by molar-refractivity contribution is 0.102. The zero-order chi connectivity index (χ0) is 13.1. The molecule has 0 bridgehead atoms. The molecule has 6 heteroatoms. The molecule has 2 aromatic rings. The minimum atomic E-state index is -0.498. The minimum absolute atomic E-state index is 0.116. The van der Waals surface area contributed by atoms with Gasteiger partial charge in [0.15, 0.2) is 0 Å². The van der Waals surface area contributed by atoms with Gasteiger partial charge in [0.05, 0.1) is 16.9 Å². The number of nitrogens with zero attached hydrogens (tertiary/aromatic N) is 1. The zero-order valence-electron chi connectivity index (χ0n) is 9.15. The first-order chi connectivity index (χ1) is 8.56. The van der Waals surface area contributed by atoms with E-state index in [4.69, 9.17) is 17.3 Å². The Morgan fingerprint density at radius 2 is 2.11 bits per heavy atom. The summed E-state index contributed by atoms with van der Waals surface area (Å²) < 4.78 is 12.6. The summed E-state index contributed by atoms with van der Waals surface area (Å²) in [5.74, 6) is -0.945. The molecule has 2 rings (SSSR count). The van der Waals surface area contributed by atoms with Crippen molar-refractivity contribution in [1.29, 1.82) is 0 Å². The first-order valence-corrected chi connectivity index (χ1v) is 5.42. The van der Waals surface area contributed by atoms with Gasteiger partial charge in [-0.2, -0.15) is 0 Å². The van der Waals surface area contributed by atoms with E-state index in [-0.39, 0.29) is 5.69 Å². The van der Waals surface area contributed by atoms with Crippen molar-refractivity contribution in [2.45, 2.75) is 0 Å². The van der Waals surface area contributed by atoms with Gasteiger partial charge >= 0.3 is 0 Å². The molecule has 18 heavy (non-hydrogen) atoms. The number of aromatic nitrogens is 1. The van der Waals surface area contributed by atoms with Crippen LogP contribution in [0.1, 0.15) is 10.5 Å². The highest BCUT2D eigenvalue weighted by atomic mass is 35.5. The van der Waals surface area contributed by atoms with E-state index in [1.165, 1.54) is 12.1 Å². The number of pyridine rings is 1. The SMILES string of the molecule is Nc1cc(NC(=O)c2ccc(F)cn2)ccc1Cl. The molecule has 1 amide bonds. The Bertz CT molecular complexity index is 586. The van der Waals surface area contributed by atoms with Crippen LogP contribution in [0.25, 0.3) is 0 Å². The number of hydrogen-bond acceptors (Lipinski definition) is 3. The molecule has 0 spiro atoms. The van der Waals surface area contributed by atoms with Gasteiger partial charge in [0.2, 0.25) is 0 Å². The Balaban J connectivity index is 2.16. The average molecular weight is 266 g/mol. The Morgan fingerprint density at radius 1 is 1.33 bits per heavy atom. The number of carbonyl (C=O) groups excluding carboxylic acids is 1. The Labute approximate surface area is 108 Å². The van der Waals surface area contributed by atoms with E-state index in [0.717, 1.165) is 12.3 Å². The van der Waals surface area contributed by atoms with Crippen LogP contribution in [-0.4, -0.2) is 10.9 Å². The number of anilines is 2. The van der Waals surface area contributed by atoms with E-state index in [2.05, 4.69) is 10.3 Å². The van der Waals surface area contributed by atoms with Gasteiger partial charge in [0.1, 0.15) is 11.5 Å². The van der Waals surface area contributed by atoms with E-state index in [1.54, 1.807) is 12.1 Å². The highest BCUT2D eigenvalue weighted by molar-refractivity contribution is 6.33. The van der Waals surface area contributed by atoms with Crippen molar-refractivity contribution in [2.75, 3.05) is 11.1 Å². The number of amides is 1. The normalized spacial score (nSPS) is 10.1. The third kappa shape index (κ3) is 2.75. The zero-order valence-corrected chi connectivity index (χ0v) is 9.91. The van der Waals surface area contributed by atoms with Gasteiger partial charge in [-0.15, -0.1) is 0 Å². The molecule has 0 saturated heterocycles. The second-order valence-corrected chi connectivity index (χ2v) is 3.96. The van der Waals surface area contributed by atoms with Crippen molar-refractivity contribution in [2.24, 2.45) is 0 Å². The summed E-state index contributed by atoms with van der Waals surface area (Å²) in [4.78, 5) is 15.4. The fraction of sp³-hybridized carbons (Fsp3) is 0. The van der Waals surface area contributed by atoms with Gasteiger partial charge in [-0.25, -0.2) is 9.37 Å². The minimum Gasteiger partial charge on any atom is -0.397 e. The molecule has 0 fully saturated rings. The summed E-state index contributed by atoms with van der Waals surface area (Å²) in [6.07, 6.45) is 0.977. The molecule has 92 valence electrons. The maximum Gasteiger partial charge on any atom is 0.274 e. The number of carbonyl (C=O) groups is 1. The summed E-state index contributed by atoms with van der Waals surface area (Å²) in [5.41, 5.74) is 6.58. The molecule has 1 aromatic heterocycles. The van der Waals surface area contributed by atoms with Gasteiger partial charge in [-0.3, -0.25) is 4.79 Å². The summed E-state index contributed by atoms with van der Waals surface area (Å²) >= 11 is 5.76. The predicted molar refractivity (Wildman–Crippen MR) is 68.0 cm³/mol. The number of nitrogens with one attached hydrogen (secondary N) is 1. The van der Waals surface area contributed by atoms with Gasteiger partial charge in [0.25, 0.3) is 5.91 Å². The predicted octanol–water partition coefficient (Wildman–Crippen LogP) is 2.71.